The van der Waals surface area contributed by atoms with Crippen LogP contribution in [0.15, 0.2) is 35.7 Å². The van der Waals surface area contributed by atoms with Gasteiger partial charge in [-0.05, 0) is 23.6 Å². The van der Waals surface area contributed by atoms with E-state index in [0.29, 0.717) is 23.5 Å². The fourth-order valence-corrected chi connectivity index (χ4v) is 2.28. The molecule has 0 aliphatic heterocycles. The third-order valence-corrected chi connectivity index (χ3v) is 3.40. The predicted octanol–water partition coefficient (Wildman–Crippen LogP) is 2.73. The van der Waals surface area contributed by atoms with Crippen LogP contribution in [-0.2, 0) is 11.3 Å². The van der Waals surface area contributed by atoms with Crippen LogP contribution in [-0.4, -0.2) is 13.1 Å². The van der Waals surface area contributed by atoms with Crippen molar-refractivity contribution in [2.45, 2.75) is 6.54 Å². The van der Waals surface area contributed by atoms with Gasteiger partial charge in [0.15, 0.2) is 0 Å². The minimum Gasteiger partial charge on any atom is -0.465 e. The SMILES string of the molecule is COC(=O)c1cccc(N)c1NCc1cccs1. The normalized spacial score (nSPS) is 10.1. The molecule has 1 aromatic heterocycles. The zero-order valence-electron chi connectivity index (χ0n) is 9.97. The summed E-state index contributed by atoms with van der Waals surface area (Å²) in [6.07, 6.45) is 0. The van der Waals surface area contributed by atoms with Gasteiger partial charge in [0.25, 0.3) is 0 Å². The lowest BCUT2D eigenvalue weighted by Gasteiger charge is -2.12. The first-order valence-corrected chi connectivity index (χ1v) is 6.33. The molecule has 0 amide bonds. The number of nitrogens with one attached hydrogen (secondary N) is 1. The summed E-state index contributed by atoms with van der Waals surface area (Å²) in [5, 5.41) is 5.19. The van der Waals surface area contributed by atoms with Crippen molar-refractivity contribution in [2.75, 3.05) is 18.2 Å². The number of hydrogen-bond donors (Lipinski definition) is 2. The highest BCUT2D eigenvalue weighted by atomic mass is 32.1. The van der Waals surface area contributed by atoms with Gasteiger partial charge in [-0.2, -0.15) is 0 Å². The van der Waals surface area contributed by atoms with E-state index < -0.39 is 5.97 Å². The quantitative estimate of drug-likeness (QED) is 0.657. The predicted molar refractivity (Wildman–Crippen MR) is 73.8 cm³/mol. The van der Waals surface area contributed by atoms with Crippen molar-refractivity contribution in [2.24, 2.45) is 0 Å². The van der Waals surface area contributed by atoms with Crippen LogP contribution in [0.2, 0.25) is 0 Å². The highest BCUT2D eigenvalue weighted by molar-refractivity contribution is 7.09. The highest BCUT2D eigenvalue weighted by Crippen LogP contribution is 2.25. The molecule has 2 rings (SSSR count). The molecule has 0 spiro atoms. The molecule has 0 aliphatic rings. The summed E-state index contributed by atoms with van der Waals surface area (Å²) in [5.41, 5.74) is 7.50. The number of hydrogen-bond acceptors (Lipinski definition) is 5. The maximum absolute atomic E-state index is 11.6. The first-order valence-electron chi connectivity index (χ1n) is 5.45. The molecule has 18 heavy (non-hydrogen) atoms. The summed E-state index contributed by atoms with van der Waals surface area (Å²) in [4.78, 5) is 12.8. The molecule has 4 nitrogen and oxygen atoms in total. The van der Waals surface area contributed by atoms with Gasteiger partial charge in [-0.1, -0.05) is 12.1 Å². The van der Waals surface area contributed by atoms with Crippen LogP contribution in [0.1, 0.15) is 15.2 Å². The molecule has 2 aromatic rings. The van der Waals surface area contributed by atoms with Gasteiger partial charge in [-0.25, -0.2) is 4.79 Å². The van der Waals surface area contributed by atoms with E-state index in [9.17, 15) is 4.79 Å². The Hall–Kier alpha value is -2.01. The molecule has 94 valence electrons. The summed E-state index contributed by atoms with van der Waals surface area (Å²) >= 11 is 1.65. The van der Waals surface area contributed by atoms with Gasteiger partial charge in [0.05, 0.1) is 24.0 Å². The minimum atomic E-state index is -0.393. The van der Waals surface area contributed by atoms with E-state index in [1.807, 2.05) is 17.5 Å². The second-order valence-electron chi connectivity index (χ2n) is 3.69. The number of carbonyl (C=O) groups excluding carboxylic acids is 1. The number of para-hydroxylation sites is 1. The molecule has 0 saturated heterocycles. The molecule has 0 bridgehead atoms. The fourth-order valence-electron chi connectivity index (χ4n) is 1.64. The van der Waals surface area contributed by atoms with E-state index in [1.165, 1.54) is 12.0 Å². The largest absolute Gasteiger partial charge is 0.465 e. The summed E-state index contributed by atoms with van der Waals surface area (Å²) < 4.78 is 4.74. The number of nitrogens with two attached hydrogens (primary N) is 1. The molecule has 0 aliphatic carbocycles. The lowest BCUT2D eigenvalue weighted by molar-refractivity contribution is 0.0602. The zero-order chi connectivity index (χ0) is 13.0. The van der Waals surface area contributed by atoms with Crippen LogP contribution >= 0.6 is 11.3 Å². The van der Waals surface area contributed by atoms with Gasteiger partial charge < -0.3 is 15.8 Å². The Labute approximate surface area is 109 Å². The lowest BCUT2D eigenvalue weighted by Crippen LogP contribution is -2.10. The van der Waals surface area contributed by atoms with E-state index in [-0.39, 0.29) is 0 Å². The van der Waals surface area contributed by atoms with Crippen LogP contribution in [0.4, 0.5) is 11.4 Å². The molecule has 3 N–H and O–H groups in total. The van der Waals surface area contributed by atoms with E-state index >= 15 is 0 Å². The number of esters is 1. The Kier molecular flexibility index (Phi) is 3.84. The topological polar surface area (TPSA) is 64.3 Å². The van der Waals surface area contributed by atoms with Crippen molar-refractivity contribution in [1.82, 2.24) is 0 Å². The maximum Gasteiger partial charge on any atom is 0.340 e. The maximum atomic E-state index is 11.6. The van der Waals surface area contributed by atoms with Crippen molar-refractivity contribution < 1.29 is 9.53 Å². The molecule has 1 heterocycles. The van der Waals surface area contributed by atoms with Crippen molar-refractivity contribution in [3.05, 3.63) is 46.2 Å². The van der Waals surface area contributed by atoms with Crippen molar-refractivity contribution in [3.8, 4) is 0 Å². The Morgan fingerprint density at radius 1 is 1.39 bits per heavy atom. The van der Waals surface area contributed by atoms with Crippen LogP contribution in [0.5, 0.6) is 0 Å². The molecule has 1 aromatic carbocycles. The molecule has 0 fully saturated rings. The summed E-state index contributed by atoms with van der Waals surface area (Å²) in [5.74, 6) is -0.393. The van der Waals surface area contributed by atoms with Crippen LogP contribution < -0.4 is 11.1 Å². The number of nitrogen functional groups attached to an aromatic ring is 1. The van der Waals surface area contributed by atoms with Crippen LogP contribution in [0.25, 0.3) is 0 Å². The lowest BCUT2D eigenvalue weighted by atomic mass is 10.1. The number of benzene rings is 1. The molecule has 5 heteroatoms. The number of methoxy groups -OCH3 is 1. The zero-order valence-corrected chi connectivity index (χ0v) is 10.8. The monoisotopic (exact) mass is 262 g/mol. The highest BCUT2D eigenvalue weighted by Gasteiger charge is 2.13. The summed E-state index contributed by atoms with van der Waals surface area (Å²) in [6, 6.07) is 9.19. The van der Waals surface area contributed by atoms with E-state index in [1.54, 1.807) is 29.5 Å². The molecule has 0 atom stereocenters. The Bertz CT molecular complexity index is 538. The third kappa shape index (κ3) is 2.62. The van der Waals surface area contributed by atoms with Crippen LogP contribution in [0.3, 0.4) is 0 Å². The number of ether oxygens (including phenoxy) is 1. The van der Waals surface area contributed by atoms with Crippen molar-refractivity contribution in [3.63, 3.8) is 0 Å². The number of anilines is 2. The van der Waals surface area contributed by atoms with Crippen molar-refractivity contribution in [1.29, 1.82) is 0 Å². The minimum absolute atomic E-state index is 0.393. The average molecular weight is 262 g/mol. The summed E-state index contributed by atoms with van der Waals surface area (Å²) in [6.45, 7) is 0.635. The van der Waals surface area contributed by atoms with E-state index in [2.05, 4.69) is 5.32 Å². The molecule has 0 radical (unpaired) electrons. The average Bonchev–Trinajstić information content (AvgIpc) is 2.89. The summed E-state index contributed by atoms with van der Waals surface area (Å²) in [7, 11) is 1.36. The van der Waals surface area contributed by atoms with E-state index in [0.717, 1.165) is 0 Å². The van der Waals surface area contributed by atoms with Gasteiger partial charge in [-0.3, -0.25) is 0 Å². The number of thiophene rings is 1. The van der Waals surface area contributed by atoms with Crippen molar-refractivity contribution >= 4 is 28.7 Å². The van der Waals surface area contributed by atoms with E-state index in [4.69, 9.17) is 10.5 Å². The Balaban J connectivity index is 2.22. The second-order valence-corrected chi connectivity index (χ2v) is 4.73. The van der Waals surface area contributed by atoms with Crippen LogP contribution in [0, 0.1) is 0 Å². The molecular weight excluding hydrogens is 248 g/mol. The van der Waals surface area contributed by atoms with Gasteiger partial charge in [0.2, 0.25) is 0 Å². The Morgan fingerprint density at radius 3 is 2.89 bits per heavy atom. The molecule has 0 unspecified atom stereocenters. The van der Waals surface area contributed by atoms with Gasteiger partial charge in [-0.15, -0.1) is 11.3 Å². The molecule has 0 saturated carbocycles. The van der Waals surface area contributed by atoms with Gasteiger partial charge in [0, 0.05) is 11.4 Å². The number of rotatable bonds is 4. The first-order chi connectivity index (χ1) is 8.72. The number of carbonyl (C=O) groups is 1. The molecular formula is C13H14N2O2S. The fraction of sp³-hybridized carbons (Fsp3) is 0.154. The second kappa shape index (κ2) is 5.55. The first kappa shape index (κ1) is 12.4. The smallest absolute Gasteiger partial charge is 0.340 e. The standard InChI is InChI=1S/C13H14N2O2S/c1-17-13(16)10-5-2-6-11(14)12(10)15-8-9-4-3-7-18-9/h2-7,15H,8,14H2,1H3. The third-order valence-electron chi connectivity index (χ3n) is 2.52. The van der Waals surface area contributed by atoms with Gasteiger partial charge >= 0.3 is 5.97 Å². The van der Waals surface area contributed by atoms with Gasteiger partial charge in [0.1, 0.15) is 0 Å². The Morgan fingerprint density at radius 2 is 2.22 bits per heavy atom.